The first kappa shape index (κ1) is 15.0. The first-order valence-electron chi connectivity index (χ1n) is 6.88. The number of rotatable bonds is 5. The summed E-state index contributed by atoms with van der Waals surface area (Å²) in [6.45, 7) is 4.43. The Kier molecular flexibility index (Phi) is 4.87. The molecule has 0 fully saturated rings. The summed E-state index contributed by atoms with van der Waals surface area (Å²) in [6, 6.07) is 7.93. The van der Waals surface area contributed by atoms with E-state index in [9.17, 15) is 9.18 Å². The van der Waals surface area contributed by atoms with Crippen molar-refractivity contribution in [2.45, 2.75) is 20.3 Å². The number of amides is 1. The van der Waals surface area contributed by atoms with Crippen LogP contribution in [0.4, 0.5) is 15.8 Å². The van der Waals surface area contributed by atoms with Gasteiger partial charge >= 0.3 is 0 Å². The third-order valence-corrected chi connectivity index (χ3v) is 2.96. The van der Waals surface area contributed by atoms with Crippen molar-refractivity contribution >= 4 is 17.3 Å². The van der Waals surface area contributed by atoms with Crippen LogP contribution in [0.5, 0.6) is 0 Å². The van der Waals surface area contributed by atoms with E-state index in [1.54, 1.807) is 24.4 Å². The van der Waals surface area contributed by atoms with Crippen molar-refractivity contribution in [1.82, 2.24) is 4.98 Å². The molecule has 0 aliphatic heterocycles. The topological polar surface area (TPSA) is 54.0 Å². The number of nitrogens with zero attached hydrogens (tertiary/aromatic N) is 1. The van der Waals surface area contributed by atoms with Gasteiger partial charge < -0.3 is 10.6 Å². The van der Waals surface area contributed by atoms with Crippen LogP contribution < -0.4 is 10.6 Å². The highest BCUT2D eigenvalue weighted by atomic mass is 19.1. The van der Waals surface area contributed by atoms with Gasteiger partial charge in [0.15, 0.2) is 0 Å². The second-order valence-corrected chi connectivity index (χ2v) is 4.73. The Labute approximate surface area is 123 Å². The van der Waals surface area contributed by atoms with Gasteiger partial charge in [0.2, 0.25) is 0 Å². The lowest BCUT2D eigenvalue weighted by molar-refractivity contribution is 0.102. The van der Waals surface area contributed by atoms with Crippen molar-refractivity contribution in [3.8, 4) is 0 Å². The van der Waals surface area contributed by atoms with Gasteiger partial charge in [-0.1, -0.05) is 13.0 Å². The number of carbonyl (C=O) groups is 1. The largest absolute Gasteiger partial charge is 0.382 e. The van der Waals surface area contributed by atoms with E-state index >= 15 is 0 Å². The van der Waals surface area contributed by atoms with Crippen molar-refractivity contribution < 1.29 is 9.18 Å². The predicted octanol–water partition coefficient (Wildman–Crippen LogP) is 3.60. The summed E-state index contributed by atoms with van der Waals surface area (Å²) in [5, 5.41) is 5.72. The normalized spacial score (nSPS) is 10.2. The quantitative estimate of drug-likeness (QED) is 0.883. The van der Waals surface area contributed by atoms with Crippen LogP contribution in [0.3, 0.4) is 0 Å². The predicted molar refractivity (Wildman–Crippen MR) is 82.1 cm³/mol. The minimum absolute atomic E-state index is 0.239. The Hall–Kier alpha value is -2.43. The van der Waals surface area contributed by atoms with Gasteiger partial charge in [0, 0.05) is 24.1 Å². The zero-order valence-corrected chi connectivity index (χ0v) is 12.1. The van der Waals surface area contributed by atoms with Crippen molar-refractivity contribution in [3.63, 3.8) is 0 Å². The maximum absolute atomic E-state index is 13.9. The summed E-state index contributed by atoms with van der Waals surface area (Å²) in [7, 11) is 0. The molecule has 0 saturated carbocycles. The summed E-state index contributed by atoms with van der Waals surface area (Å²) in [5.74, 6) is -0.777. The van der Waals surface area contributed by atoms with E-state index in [1.165, 1.54) is 12.1 Å². The van der Waals surface area contributed by atoms with E-state index in [0.29, 0.717) is 12.2 Å². The Bertz CT molecular complexity index is 643. The zero-order valence-electron chi connectivity index (χ0n) is 12.1. The molecule has 0 spiro atoms. The van der Waals surface area contributed by atoms with E-state index in [0.717, 1.165) is 12.1 Å². The molecule has 1 heterocycles. The van der Waals surface area contributed by atoms with E-state index in [4.69, 9.17) is 0 Å². The number of halogens is 1. The number of anilines is 2. The number of aromatic nitrogens is 1. The Balaban J connectivity index is 2.24. The molecule has 0 aliphatic rings. The minimum atomic E-state index is -0.429. The third-order valence-electron chi connectivity index (χ3n) is 2.96. The lowest BCUT2D eigenvalue weighted by atomic mass is 10.1. The average Bonchev–Trinajstić information content (AvgIpc) is 2.45. The van der Waals surface area contributed by atoms with Crippen LogP contribution in [0.25, 0.3) is 0 Å². The Morgan fingerprint density at radius 1 is 1.33 bits per heavy atom. The summed E-state index contributed by atoms with van der Waals surface area (Å²) >= 11 is 0. The fraction of sp³-hybridized carbons (Fsp3) is 0.250. The molecule has 0 atom stereocenters. The number of para-hydroxylation sites is 1. The van der Waals surface area contributed by atoms with E-state index in [-0.39, 0.29) is 17.2 Å². The van der Waals surface area contributed by atoms with Crippen LogP contribution in [-0.2, 0) is 0 Å². The summed E-state index contributed by atoms with van der Waals surface area (Å²) < 4.78 is 13.9. The van der Waals surface area contributed by atoms with Crippen LogP contribution in [-0.4, -0.2) is 17.4 Å². The SMILES string of the molecule is CCCNc1c(F)cccc1C(=O)Nc1ccnc(C)c1. The maximum Gasteiger partial charge on any atom is 0.257 e. The number of carbonyl (C=O) groups excluding carboxylic acids is 1. The molecule has 2 N–H and O–H groups in total. The van der Waals surface area contributed by atoms with Gasteiger partial charge in [0.25, 0.3) is 5.91 Å². The van der Waals surface area contributed by atoms with Crippen LogP contribution in [0.2, 0.25) is 0 Å². The van der Waals surface area contributed by atoms with Crippen molar-refractivity contribution in [3.05, 3.63) is 53.6 Å². The first-order chi connectivity index (χ1) is 10.1. The second kappa shape index (κ2) is 6.83. The minimum Gasteiger partial charge on any atom is -0.382 e. The molecule has 5 heteroatoms. The van der Waals surface area contributed by atoms with Gasteiger partial charge in [-0.3, -0.25) is 9.78 Å². The number of benzene rings is 1. The number of hydrogen-bond acceptors (Lipinski definition) is 3. The molecule has 2 rings (SSSR count). The smallest absolute Gasteiger partial charge is 0.257 e. The van der Waals surface area contributed by atoms with Crippen LogP contribution >= 0.6 is 0 Å². The molecule has 2 aromatic rings. The van der Waals surface area contributed by atoms with Gasteiger partial charge in [-0.25, -0.2) is 4.39 Å². The molecule has 0 unspecified atom stereocenters. The van der Waals surface area contributed by atoms with Crippen LogP contribution in [0.15, 0.2) is 36.5 Å². The molecule has 1 aromatic carbocycles. The summed E-state index contributed by atoms with van der Waals surface area (Å²) in [5.41, 5.74) is 1.97. The molecule has 21 heavy (non-hydrogen) atoms. The van der Waals surface area contributed by atoms with Gasteiger partial charge in [0.1, 0.15) is 5.82 Å². The number of hydrogen-bond donors (Lipinski definition) is 2. The summed E-state index contributed by atoms with van der Waals surface area (Å²) in [4.78, 5) is 16.4. The molecular formula is C16H18FN3O. The van der Waals surface area contributed by atoms with E-state index < -0.39 is 5.82 Å². The second-order valence-electron chi connectivity index (χ2n) is 4.73. The lowest BCUT2D eigenvalue weighted by Crippen LogP contribution is -2.16. The number of pyridine rings is 1. The standard InChI is InChI=1S/C16H18FN3O/c1-3-8-19-15-13(5-4-6-14(15)17)16(21)20-12-7-9-18-11(2)10-12/h4-7,9-10,19H,3,8H2,1-2H3,(H,18,20,21). The molecule has 0 saturated heterocycles. The van der Waals surface area contributed by atoms with E-state index in [2.05, 4.69) is 15.6 Å². The highest BCUT2D eigenvalue weighted by molar-refractivity contribution is 6.08. The molecule has 1 aromatic heterocycles. The number of nitrogens with one attached hydrogen (secondary N) is 2. The molecule has 0 bridgehead atoms. The zero-order chi connectivity index (χ0) is 15.2. The molecule has 0 radical (unpaired) electrons. The van der Waals surface area contributed by atoms with Crippen molar-refractivity contribution in [2.24, 2.45) is 0 Å². The molecular weight excluding hydrogens is 269 g/mol. The average molecular weight is 287 g/mol. The Morgan fingerprint density at radius 3 is 2.86 bits per heavy atom. The van der Waals surface area contributed by atoms with Gasteiger partial charge in [-0.2, -0.15) is 0 Å². The maximum atomic E-state index is 13.9. The van der Waals surface area contributed by atoms with Crippen LogP contribution in [0.1, 0.15) is 29.4 Å². The monoisotopic (exact) mass is 287 g/mol. The highest BCUT2D eigenvalue weighted by Gasteiger charge is 2.15. The van der Waals surface area contributed by atoms with Gasteiger partial charge in [0.05, 0.1) is 11.3 Å². The van der Waals surface area contributed by atoms with Crippen molar-refractivity contribution in [2.75, 3.05) is 17.2 Å². The lowest BCUT2D eigenvalue weighted by Gasteiger charge is -2.12. The first-order valence-corrected chi connectivity index (χ1v) is 6.88. The molecule has 110 valence electrons. The van der Waals surface area contributed by atoms with E-state index in [1.807, 2.05) is 13.8 Å². The fourth-order valence-corrected chi connectivity index (χ4v) is 1.96. The van der Waals surface area contributed by atoms with Gasteiger partial charge in [-0.05, 0) is 37.6 Å². The molecule has 1 amide bonds. The number of aryl methyl sites for hydroxylation is 1. The third kappa shape index (κ3) is 3.78. The molecule has 0 aliphatic carbocycles. The fourth-order valence-electron chi connectivity index (χ4n) is 1.96. The van der Waals surface area contributed by atoms with Crippen LogP contribution in [0, 0.1) is 12.7 Å². The highest BCUT2D eigenvalue weighted by Crippen LogP contribution is 2.21. The Morgan fingerprint density at radius 2 is 2.14 bits per heavy atom. The summed E-state index contributed by atoms with van der Waals surface area (Å²) in [6.07, 6.45) is 2.46. The van der Waals surface area contributed by atoms with Gasteiger partial charge in [-0.15, -0.1) is 0 Å². The molecule has 4 nitrogen and oxygen atoms in total. The van der Waals surface area contributed by atoms with Crippen molar-refractivity contribution in [1.29, 1.82) is 0 Å².